The van der Waals surface area contributed by atoms with Crippen molar-refractivity contribution in [2.75, 3.05) is 6.54 Å². The Kier molecular flexibility index (Phi) is 2.99. The number of hydrogen-bond acceptors (Lipinski definition) is 3. The molecular formula is C10H14ClN3. The predicted octanol–water partition coefficient (Wildman–Crippen LogP) is 2.19. The second-order valence-electron chi connectivity index (χ2n) is 3.81. The fourth-order valence-corrected chi connectivity index (χ4v) is 1.65. The molecule has 1 aromatic rings. The van der Waals surface area contributed by atoms with E-state index in [1.165, 1.54) is 12.8 Å². The second-order valence-corrected chi connectivity index (χ2v) is 4.16. The first-order valence-corrected chi connectivity index (χ1v) is 5.35. The summed E-state index contributed by atoms with van der Waals surface area (Å²) in [6.07, 6.45) is 6.00. The Labute approximate surface area is 88.9 Å². The van der Waals surface area contributed by atoms with Crippen molar-refractivity contribution in [2.24, 2.45) is 5.92 Å². The average Bonchev–Trinajstić information content (AvgIpc) is 2.98. The summed E-state index contributed by atoms with van der Waals surface area (Å²) in [6.45, 7) is 3.13. The third-order valence-electron chi connectivity index (χ3n) is 2.50. The monoisotopic (exact) mass is 211 g/mol. The van der Waals surface area contributed by atoms with Crippen molar-refractivity contribution in [3.8, 4) is 0 Å². The largest absolute Gasteiger partial charge is 0.308 e. The summed E-state index contributed by atoms with van der Waals surface area (Å²) in [6, 6.07) is 0.191. The Morgan fingerprint density at radius 3 is 2.86 bits per heavy atom. The molecule has 1 aliphatic rings. The fraction of sp³-hybridized carbons (Fsp3) is 0.600. The van der Waals surface area contributed by atoms with Crippen molar-refractivity contribution in [3.05, 3.63) is 23.2 Å². The molecule has 0 aliphatic heterocycles. The molecule has 1 fully saturated rings. The molecule has 0 amide bonds. The van der Waals surface area contributed by atoms with Crippen LogP contribution in [0.5, 0.6) is 0 Å². The van der Waals surface area contributed by atoms with Crippen LogP contribution in [-0.4, -0.2) is 16.5 Å². The van der Waals surface area contributed by atoms with E-state index in [1.807, 2.05) is 0 Å². The van der Waals surface area contributed by atoms with E-state index in [-0.39, 0.29) is 6.04 Å². The van der Waals surface area contributed by atoms with Crippen LogP contribution in [0.1, 0.15) is 31.5 Å². The van der Waals surface area contributed by atoms with Crippen molar-refractivity contribution >= 4 is 11.6 Å². The summed E-state index contributed by atoms with van der Waals surface area (Å²) < 4.78 is 0. The molecule has 2 rings (SSSR count). The molecule has 76 valence electrons. The van der Waals surface area contributed by atoms with E-state index in [0.717, 1.165) is 18.2 Å². The summed E-state index contributed by atoms with van der Waals surface area (Å²) in [7, 11) is 0. The van der Waals surface area contributed by atoms with Crippen LogP contribution >= 0.6 is 11.6 Å². The molecule has 1 atom stereocenters. The van der Waals surface area contributed by atoms with E-state index >= 15 is 0 Å². The average molecular weight is 212 g/mol. The summed E-state index contributed by atoms with van der Waals surface area (Å²) in [5.74, 6) is 0.868. The second kappa shape index (κ2) is 4.24. The van der Waals surface area contributed by atoms with Gasteiger partial charge in [-0.15, -0.1) is 0 Å². The van der Waals surface area contributed by atoms with Gasteiger partial charge in [-0.1, -0.05) is 11.6 Å². The molecule has 0 unspecified atom stereocenters. The van der Waals surface area contributed by atoms with Gasteiger partial charge in [-0.05, 0) is 32.2 Å². The van der Waals surface area contributed by atoms with Crippen LogP contribution < -0.4 is 5.32 Å². The molecule has 1 saturated carbocycles. The summed E-state index contributed by atoms with van der Waals surface area (Å²) in [5, 5.41) is 3.92. The van der Waals surface area contributed by atoms with Gasteiger partial charge >= 0.3 is 0 Å². The number of nitrogens with zero attached hydrogens (tertiary/aromatic N) is 2. The summed E-state index contributed by atoms with van der Waals surface area (Å²) in [4.78, 5) is 8.23. The smallest absolute Gasteiger partial charge is 0.152 e. The van der Waals surface area contributed by atoms with E-state index in [9.17, 15) is 0 Å². The number of nitrogens with one attached hydrogen (secondary N) is 1. The third kappa shape index (κ3) is 2.42. The molecule has 0 saturated heterocycles. The number of rotatable bonds is 4. The lowest BCUT2D eigenvalue weighted by atomic mass is 10.2. The lowest BCUT2D eigenvalue weighted by Gasteiger charge is -2.13. The minimum absolute atomic E-state index is 0.191. The molecule has 3 nitrogen and oxygen atoms in total. The van der Waals surface area contributed by atoms with Gasteiger partial charge in [-0.2, -0.15) is 0 Å². The molecule has 4 heteroatoms. The van der Waals surface area contributed by atoms with Gasteiger partial charge in [0.15, 0.2) is 5.15 Å². The van der Waals surface area contributed by atoms with Gasteiger partial charge in [0.25, 0.3) is 0 Å². The van der Waals surface area contributed by atoms with Crippen LogP contribution in [0.4, 0.5) is 0 Å². The highest BCUT2D eigenvalue weighted by Gasteiger charge is 2.22. The SMILES string of the molecule is C[C@H](NCC1CC1)c1nccnc1Cl. The van der Waals surface area contributed by atoms with E-state index in [1.54, 1.807) is 12.4 Å². The van der Waals surface area contributed by atoms with Crippen molar-refractivity contribution in [2.45, 2.75) is 25.8 Å². The van der Waals surface area contributed by atoms with Gasteiger partial charge < -0.3 is 5.32 Å². The molecule has 0 aromatic carbocycles. The highest BCUT2D eigenvalue weighted by molar-refractivity contribution is 6.30. The fourth-order valence-electron chi connectivity index (χ4n) is 1.38. The molecule has 1 heterocycles. The quantitative estimate of drug-likeness (QED) is 0.830. The highest BCUT2D eigenvalue weighted by atomic mass is 35.5. The zero-order valence-corrected chi connectivity index (χ0v) is 8.96. The van der Waals surface area contributed by atoms with Crippen molar-refractivity contribution < 1.29 is 0 Å². The Morgan fingerprint density at radius 2 is 2.21 bits per heavy atom. The van der Waals surface area contributed by atoms with Crippen molar-refractivity contribution in [3.63, 3.8) is 0 Å². The van der Waals surface area contributed by atoms with Gasteiger partial charge in [0.05, 0.1) is 5.69 Å². The molecule has 0 radical (unpaired) electrons. The number of hydrogen-bond donors (Lipinski definition) is 1. The Bertz CT molecular complexity index is 312. The van der Waals surface area contributed by atoms with Gasteiger partial charge in [0.1, 0.15) is 0 Å². The minimum Gasteiger partial charge on any atom is -0.308 e. The van der Waals surface area contributed by atoms with E-state index in [0.29, 0.717) is 5.15 Å². The Balaban J connectivity index is 1.95. The van der Waals surface area contributed by atoms with Crippen LogP contribution in [0.3, 0.4) is 0 Å². The van der Waals surface area contributed by atoms with Gasteiger partial charge in [-0.25, -0.2) is 4.98 Å². The Hall–Kier alpha value is -0.670. The van der Waals surface area contributed by atoms with Crippen LogP contribution in [0.2, 0.25) is 5.15 Å². The maximum atomic E-state index is 5.94. The first-order chi connectivity index (χ1) is 6.77. The molecule has 0 spiro atoms. The number of aromatic nitrogens is 2. The minimum atomic E-state index is 0.191. The molecule has 0 bridgehead atoms. The molecule has 1 aliphatic carbocycles. The molecule has 14 heavy (non-hydrogen) atoms. The summed E-state index contributed by atoms with van der Waals surface area (Å²) >= 11 is 5.94. The van der Waals surface area contributed by atoms with Crippen LogP contribution in [0, 0.1) is 5.92 Å². The van der Waals surface area contributed by atoms with Crippen LogP contribution in [0.25, 0.3) is 0 Å². The van der Waals surface area contributed by atoms with E-state index < -0.39 is 0 Å². The van der Waals surface area contributed by atoms with Crippen molar-refractivity contribution in [1.82, 2.24) is 15.3 Å². The van der Waals surface area contributed by atoms with Crippen molar-refractivity contribution in [1.29, 1.82) is 0 Å². The van der Waals surface area contributed by atoms with E-state index in [4.69, 9.17) is 11.6 Å². The van der Waals surface area contributed by atoms with Crippen LogP contribution in [0.15, 0.2) is 12.4 Å². The van der Waals surface area contributed by atoms with Gasteiger partial charge in [-0.3, -0.25) is 4.98 Å². The third-order valence-corrected chi connectivity index (χ3v) is 2.79. The Morgan fingerprint density at radius 1 is 1.50 bits per heavy atom. The molecular weight excluding hydrogens is 198 g/mol. The first-order valence-electron chi connectivity index (χ1n) is 4.97. The lowest BCUT2D eigenvalue weighted by Crippen LogP contribution is -2.22. The normalized spacial score (nSPS) is 18.1. The van der Waals surface area contributed by atoms with Gasteiger partial charge in [0.2, 0.25) is 0 Å². The maximum absolute atomic E-state index is 5.94. The lowest BCUT2D eigenvalue weighted by molar-refractivity contribution is 0.537. The zero-order valence-electron chi connectivity index (χ0n) is 8.20. The van der Waals surface area contributed by atoms with E-state index in [2.05, 4.69) is 22.2 Å². The van der Waals surface area contributed by atoms with Crippen LogP contribution in [-0.2, 0) is 0 Å². The molecule has 1 aromatic heterocycles. The highest BCUT2D eigenvalue weighted by Crippen LogP contribution is 2.28. The topological polar surface area (TPSA) is 37.8 Å². The number of halogens is 1. The standard InChI is InChI=1S/C10H14ClN3/c1-7(14-6-8-2-3-8)9-10(11)13-5-4-12-9/h4-5,7-8,14H,2-3,6H2,1H3/t7-/m0/s1. The summed E-state index contributed by atoms with van der Waals surface area (Å²) in [5.41, 5.74) is 0.842. The predicted molar refractivity (Wildman–Crippen MR) is 56.2 cm³/mol. The van der Waals surface area contributed by atoms with Gasteiger partial charge in [0, 0.05) is 18.4 Å². The maximum Gasteiger partial charge on any atom is 0.152 e. The zero-order chi connectivity index (χ0) is 9.97. The first kappa shape index (κ1) is 9.87. The molecule has 1 N–H and O–H groups in total.